The molecule has 0 unspecified atom stereocenters. The second kappa shape index (κ2) is 3.42. The molecule has 0 aromatic carbocycles. The molecule has 1 aromatic rings. The number of pyridine rings is 1. The molecular weight excluding hydrogens is 150 g/mol. The molecular formula is C7H7ClNO. The van der Waals surface area contributed by atoms with Gasteiger partial charge in [0.2, 0.25) is 0 Å². The molecule has 0 spiro atoms. The third-order valence-electron chi connectivity index (χ3n) is 0.983. The molecule has 0 bridgehead atoms. The zero-order valence-electron chi connectivity index (χ0n) is 5.60. The predicted molar refractivity (Wildman–Crippen MR) is 39.3 cm³/mol. The molecule has 3 heteroatoms. The van der Waals surface area contributed by atoms with Gasteiger partial charge in [-0.25, -0.2) is 0 Å². The minimum Gasteiger partial charge on any atom is -0.492 e. The lowest BCUT2D eigenvalue weighted by Gasteiger charge is -2.01. The Bertz CT molecular complexity index is 215. The van der Waals surface area contributed by atoms with Gasteiger partial charge in [-0.3, -0.25) is 4.98 Å². The molecule has 1 aromatic heterocycles. The fraction of sp³-hybridized carbons (Fsp3) is 0.286. The van der Waals surface area contributed by atoms with E-state index in [9.17, 15) is 0 Å². The van der Waals surface area contributed by atoms with Gasteiger partial charge in [-0.1, -0.05) is 11.6 Å². The van der Waals surface area contributed by atoms with E-state index in [0.29, 0.717) is 17.4 Å². The summed E-state index contributed by atoms with van der Waals surface area (Å²) in [5, 5.41) is 0.528. The Hall–Kier alpha value is -0.760. The summed E-state index contributed by atoms with van der Waals surface area (Å²) in [6, 6.07) is 1.62. The zero-order valence-corrected chi connectivity index (χ0v) is 6.35. The fourth-order valence-corrected chi connectivity index (χ4v) is 0.746. The summed E-state index contributed by atoms with van der Waals surface area (Å²) in [6.45, 7) is 2.51. The van der Waals surface area contributed by atoms with Crippen LogP contribution < -0.4 is 4.74 Å². The summed E-state index contributed by atoms with van der Waals surface area (Å²) in [4.78, 5) is 3.69. The molecule has 0 aliphatic carbocycles. The smallest absolute Gasteiger partial charge is 0.141 e. The van der Waals surface area contributed by atoms with E-state index in [4.69, 9.17) is 16.3 Å². The van der Waals surface area contributed by atoms with Gasteiger partial charge >= 0.3 is 0 Å². The van der Waals surface area contributed by atoms with Gasteiger partial charge in [0.15, 0.2) is 0 Å². The summed E-state index contributed by atoms with van der Waals surface area (Å²) in [6.07, 6.45) is 4.13. The number of hydrogen-bond donors (Lipinski definition) is 0. The Morgan fingerprint density at radius 1 is 1.80 bits per heavy atom. The van der Waals surface area contributed by atoms with Crippen LogP contribution in [-0.4, -0.2) is 11.6 Å². The Balaban J connectivity index is 2.81. The number of halogens is 1. The summed E-state index contributed by atoms with van der Waals surface area (Å²) < 4.78 is 5.13. The van der Waals surface area contributed by atoms with E-state index in [1.807, 2.05) is 6.92 Å². The highest BCUT2D eigenvalue weighted by atomic mass is 35.5. The maximum absolute atomic E-state index is 5.70. The van der Waals surface area contributed by atoms with E-state index < -0.39 is 0 Å². The van der Waals surface area contributed by atoms with Crippen LogP contribution in [0.4, 0.5) is 0 Å². The molecule has 0 saturated carbocycles. The van der Waals surface area contributed by atoms with Crippen molar-refractivity contribution >= 4 is 11.6 Å². The molecule has 0 saturated heterocycles. The van der Waals surface area contributed by atoms with E-state index in [2.05, 4.69) is 11.2 Å². The van der Waals surface area contributed by atoms with E-state index in [0.717, 1.165) is 0 Å². The van der Waals surface area contributed by atoms with Crippen molar-refractivity contribution in [2.45, 2.75) is 6.92 Å². The van der Waals surface area contributed by atoms with Crippen LogP contribution in [0.25, 0.3) is 0 Å². The van der Waals surface area contributed by atoms with Gasteiger partial charge in [0.1, 0.15) is 10.8 Å². The molecule has 0 N–H and O–H groups in total. The van der Waals surface area contributed by atoms with Crippen molar-refractivity contribution in [1.82, 2.24) is 4.98 Å². The minimum absolute atomic E-state index is 0.528. The minimum atomic E-state index is 0.528. The lowest BCUT2D eigenvalue weighted by molar-refractivity contribution is 0.340. The van der Waals surface area contributed by atoms with Crippen molar-refractivity contribution in [3.8, 4) is 5.75 Å². The van der Waals surface area contributed by atoms with Crippen LogP contribution in [0.1, 0.15) is 6.92 Å². The van der Waals surface area contributed by atoms with Gasteiger partial charge in [-0.15, -0.1) is 0 Å². The van der Waals surface area contributed by atoms with Crippen molar-refractivity contribution in [1.29, 1.82) is 0 Å². The van der Waals surface area contributed by atoms with E-state index in [1.165, 1.54) is 6.20 Å². The number of rotatable bonds is 2. The van der Waals surface area contributed by atoms with Crippen molar-refractivity contribution in [2.75, 3.05) is 6.61 Å². The van der Waals surface area contributed by atoms with E-state index >= 15 is 0 Å². The van der Waals surface area contributed by atoms with E-state index in [1.54, 1.807) is 6.07 Å². The highest BCUT2D eigenvalue weighted by Crippen LogP contribution is 2.20. The maximum atomic E-state index is 5.70. The molecule has 0 aliphatic heterocycles. The average molecular weight is 157 g/mol. The SMILES string of the molecule is CCOc1c[c]ncc1Cl. The summed E-state index contributed by atoms with van der Waals surface area (Å²) in [5.41, 5.74) is 0. The second-order valence-corrected chi connectivity index (χ2v) is 2.08. The first-order chi connectivity index (χ1) is 4.84. The molecule has 53 valence electrons. The van der Waals surface area contributed by atoms with Gasteiger partial charge in [0.05, 0.1) is 19.0 Å². The van der Waals surface area contributed by atoms with Crippen molar-refractivity contribution in [2.24, 2.45) is 0 Å². The third kappa shape index (κ3) is 1.61. The molecule has 0 fully saturated rings. The lowest BCUT2D eigenvalue weighted by atomic mass is 10.4. The highest BCUT2D eigenvalue weighted by molar-refractivity contribution is 6.31. The number of nitrogens with zero attached hydrogens (tertiary/aromatic N) is 1. The Kier molecular flexibility index (Phi) is 2.51. The van der Waals surface area contributed by atoms with Crippen LogP contribution >= 0.6 is 11.6 Å². The van der Waals surface area contributed by atoms with Gasteiger partial charge in [0.25, 0.3) is 0 Å². The van der Waals surface area contributed by atoms with Gasteiger partial charge < -0.3 is 4.74 Å². The first kappa shape index (κ1) is 7.35. The molecule has 1 radical (unpaired) electrons. The topological polar surface area (TPSA) is 22.1 Å². The van der Waals surface area contributed by atoms with Gasteiger partial charge in [-0.2, -0.15) is 0 Å². The van der Waals surface area contributed by atoms with Crippen LogP contribution in [0.5, 0.6) is 5.75 Å². The molecule has 1 heterocycles. The number of aromatic nitrogens is 1. The maximum Gasteiger partial charge on any atom is 0.141 e. The molecule has 10 heavy (non-hydrogen) atoms. The highest BCUT2D eigenvalue weighted by Gasteiger charge is 1.96. The first-order valence-corrected chi connectivity index (χ1v) is 3.36. The van der Waals surface area contributed by atoms with Gasteiger partial charge in [-0.05, 0) is 6.92 Å². The van der Waals surface area contributed by atoms with Crippen molar-refractivity contribution in [3.05, 3.63) is 23.5 Å². The third-order valence-corrected chi connectivity index (χ3v) is 1.27. The largest absolute Gasteiger partial charge is 0.492 e. The monoisotopic (exact) mass is 156 g/mol. The molecule has 0 aliphatic rings. The van der Waals surface area contributed by atoms with Crippen LogP contribution in [0, 0.1) is 6.20 Å². The molecule has 2 nitrogen and oxygen atoms in total. The summed E-state index contributed by atoms with van der Waals surface area (Å²) >= 11 is 5.70. The summed E-state index contributed by atoms with van der Waals surface area (Å²) in [7, 11) is 0. The van der Waals surface area contributed by atoms with Crippen LogP contribution in [-0.2, 0) is 0 Å². The molecule has 0 atom stereocenters. The number of ether oxygens (including phenoxy) is 1. The van der Waals surface area contributed by atoms with Crippen molar-refractivity contribution < 1.29 is 4.74 Å². The summed E-state index contributed by atoms with van der Waals surface area (Å²) in [5.74, 6) is 0.638. The lowest BCUT2D eigenvalue weighted by Crippen LogP contribution is -1.91. The van der Waals surface area contributed by atoms with Crippen LogP contribution in [0.15, 0.2) is 12.3 Å². The molecule has 0 amide bonds. The molecule has 1 rings (SSSR count). The average Bonchev–Trinajstić information content (AvgIpc) is 1.94. The standard InChI is InChI=1S/C7H7ClNO/c1-2-10-7-3-4-9-5-6(7)8/h3,5H,2H2,1H3. The second-order valence-electron chi connectivity index (χ2n) is 1.68. The Morgan fingerprint density at radius 2 is 2.60 bits per heavy atom. The predicted octanol–water partition coefficient (Wildman–Crippen LogP) is 1.93. The van der Waals surface area contributed by atoms with E-state index in [-0.39, 0.29) is 0 Å². The number of hydrogen-bond acceptors (Lipinski definition) is 2. The van der Waals surface area contributed by atoms with Crippen LogP contribution in [0.2, 0.25) is 5.02 Å². The Morgan fingerprint density at radius 3 is 3.20 bits per heavy atom. The van der Waals surface area contributed by atoms with Gasteiger partial charge in [0, 0.05) is 6.07 Å². The zero-order chi connectivity index (χ0) is 7.40. The quantitative estimate of drug-likeness (QED) is 0.653. The first-order valence-electron chi connectivity index (χ1n) is 2.99. The normalized spacial score (nSPS) is 9.40. The Labute approximate surface area is 64.8 Å². The fourth-order valence-electron chi connectivity index (χ4n) is 0.589. The van der Waals surface area contributed by atoms with Crippen molar-refractivity contribution in [3.63, 3.8) is 0 Å². The van der Waals surface area contributed by atoms with Crippen LogP contribution in [0.3, 0.4) is 0 Å².